The van der Waals surface area contributed by atoms with Gasteiger partial charge >= 0.3 is 0 Å². The Morgan fingerprint density at radius 3 is 2.32 bits per heavy atom. The van der Waals surface area contributed by atoms with Gasteiger partial charge in [0.2, 0.25) is 0 Å². The molecule has 0 saturated carbocycles. The van der Waals surface area contributed by atoms with Gasteiger partial charge in [-0.2, -0.15) is 5.10 Å². The lowest BCUT2D eigenvalue weighted by atomic mass is 9.84. The molecule has 0 bridgehead atoms. The second-order valence-electron chi connectivity index (χ2n) is 6.01. The van der Waals surface area contributed by atoms with Crippen molar-refractivity contribution in [3.8, 4) is 17.0 Å². The molecule has 0 aliphatic rings. The van der Waals surface area contributed by atoms with Gasteiger partial charge in [-0.1, -0.05) is 26.8 Å². The fraction of sp³-hybridized carbons (Fsp3) is 0.400. The van der Waals surface area contributed by atoms with Gasteiger partial charge in [0.05, 0.1) is 5.69 Å². The smallest absolute Gasteiger partial charge is 0.121 e. The maximum atomic E-state index is 10.2. The summed E-state index contributed by atoms with van der Waals surface area (Å²) in [6.45, 7) is 8.27. The number of nitrogens with two attached hydrogens (primary N) is 1. The molecule has 102 valence electrons. The molecule has 19 heavy (non-hydrogen) atoms. The van der Waals surface area contributed by atoms with Crippen LogP contribution in [0.4, 0.5) is 5.82 Å². The molecule has 1 aromatic carbocycles. The molecule has 0 aliphatic heterocycles. The second-order valence-corrected chi connectivity index (χ2v) is 6.01. The van der Waals surface area contributed by atoms with Crippen LogP contribution < -0.4 is 5.73 Å². The third kappa shape index (κ3) is 2.43. The molecular weight excluding hydrogens is 238 g/mol. The number of rotatable bonds is 1. The standard InChI is InChI=1S/C15H21N3O/c1-9-6-11(15(2,3)4)13(19)7-10(9)12-8-14(16)18(5)17-12/h6-8,19H,16H2,1-5H3. The quantitative estimate of drug-likeness (QED) is 0.827. The fourth-order valence-electron chi connectivity index (χ4n) is 2.19. The maximum Gasteiger partial charge on any atom is 0.121 e. The molecule has 3 N–H and O–H groups in total. The van der Waals surface area contributed by atoms with Gasteiger partial charge < -0.3 is 10.8 Å². The minimum absolute atomic E-state index is 0.0868. The Labute approximate surface area is 113 Å². The van der Waals surface area contributed by atoms with E-state index in [4.69, 9.17) is 5.73 Å². The first-order valence-electron chi connectivity index (χ1n) is 6.34. The molecule has 0 amide bonds. The van der Waals surface area contributed by atoms with E-state index >= 15 is 0 Å². The molecule has 4 heteroatoms. The van der Waals surface area contributed by atoms with E-state index in [0.29, 0.717) is 11.6 Å². The number of anilines is 1. The lowest BCUT2D eigenvalue weighted by Gasteiger charge is -2.22. The summed E-state index contributed by atoms with van der Waals surface area (Å²) in [4.78, 5) is 0. The van der Waals surface area contributed by atoms with Gasteiger partial charge in [-0.05, 0) is 29.5 Å². The largest absolute Gasteiger partial charge is 0.508 e. The highest BCUT2D eigenvalue weighted by molar-refractivity contribution is 5.69. The van der Waals surface area contributed by atoms with Gasteiger partial charge in [0, 0.05) is 18.7 Å². The molecular formula is C15H21N3O. The molecule has 0 unspecified atom stereocenters. The van der Waals surface area contributed by atoms with Crippen LogP contribution in [0.2, 0.25) is 0 Å². The van der Waals surface area contributed by atoms with Crippen LogP contribution in [-0.2, 0) is 12.5 Å². The minimum Gasteiger partial charge on any atom is -0.508 e. The number of benzene rings is 1. The normalized spacial score (nSPS) is 11.8. The first kappa shape index (κ1) is 13.5. The fourth-order valence-corrected chi connectivity index (χ4v) is 2.19. The van der Waals surface area contributed by atoms with E-state index in [0.717, 1.165) is 22.4 Å². The minimum atomic E-state index is -0.0868. The lowest BCUT2D eigenvalue weighted by Crippen LogP contribution is -2.11. The SMILES string of the molecule is Cc1cc(C(C)(C)C)c(O)cc1-c1cc(N)n(C)n1. The predicted octanol–water partition coefficient (Wildman–Crippen LogP) is 2.98. The van der Waals surface area contributed by atoms with Crippen molar-refractivity contribution in [2.24, 2.45) is 7.05 Å². The molecule has 0 fully saturated rings. The highest BCUT2D eigenvalue weighted by atomic mass is 16.3. The van der Waals surface area contributed by atoms with Crippen LogP contribution in [0.1, 0.15) is 31.9 Å². The number of nitrogen functional groups attached to an aromatic ring is 1. The Morgan fingerprint density at radius 1 is 1.21 bits per heavy atom. The molecule has 0 aliphatic carbocycles. The van der Waals surface area contributed by atoms with E-state index in [9.17, 15) is 5.11 Å². The van der Waals surface area contributed by atoms with Gasteiger partial charge in [0.25, 0.3) is 0 Å². The van der Waals surface area contributed by atoms with Gasteiger partial charge in [0.1, 0.15) is 11.6 Å². The third-order valence-corrected chi connectivity index (χ3v) is 3.34. The summed E-state index contributed by atoms with van der Waals surface area (Å²) in [6, 6.07) is 5.62. The Morgan fingerprint density at radius 2 is 1.84 bits per heavy atom. The zero-order valence-corrected chi connectivity index (χ0v) is 12.2. The monoisotopic (exact) mass is 259 g/mol. The van der Waals surface area contributed by atoms with Gasteiger partial charge in [0.15, 0.2) is 0 Å². The van der Waals surface area contributed by atoms with E-state index in [1.807, 2.05) is 19.1 Å². The number of aromatic hydroxyl groups is 1. The summed E-state index contributed by atoms with van der Waals surface area (Å²) in [5.41, 5.74) is 9.44. The highest BCUT2D eigenvalue weighted by Crippen LogP contribution is 2.36. The highest BCUT2D eigenvalue weighted by Gasteiger charge is 2.20. The molecule has 0 radical (unpaired) electrons. The molecule has 0 saturated heterocycles. The number of phenols is 1. The van der Waals surface area contributed by atoms with Crippen LogP contribution in [0.25, 0.3) is 11.3 Å². The summed E-state index contributed by atoms with van der Waals surface area (Å²) in [6.07, 6.45) is 0. The summed E-state index contributed by atoms with van der Waals surface area (Å²) >= 11 is 0. The van der Waals surface area contributed by atoms with Crippen molar-refractivity contribution < 1.29 is 5.11 Å². The van der Waals surface area contributed by atoms with Gasteiger partial charge in [-0.15, -0.1) is 0 Å². The maximum absolute atomic E-state index is 10.2. The van der Waals surface area contributed by atoms with Crippen LogP contribution in [0.15, 0.2) is 18.2 Å². The van der Waals surface area contributed by atoms with Crippen LogP contribution in [0.5, 0.6) is 5.75 Å². The summed E-state index contributed by atoms with van der Waals surface area (Å²) in [5, 5.41) is 14.6. The number of aromatic nitrogens is 2. The first-order valence-corrected chi connectivity index (χ1v) is 6.34. The third-order valence-electron chi connectivity index (χ3n) is 3.34. The van der Waals surface area contributed by atoms with Crippen molar-refractivity contribution in [3.63, 3.8) is 0 Å². The van der Waals surface area contributed by atoms with E-state index in [-0.39, 0.29) is 5.41 Å². The molecule has 0 atom stereocenters. The summed E-state index contributed by atoms with van der Waals surface area (Å²) < 4.78 is 1.63. The number of hydrogen-bond donors (Lipinski definition) is 2. The average Bonchev–Trinajstić information content (AvgIpc) is 2.60. The van der Waals surface area contributed by atoms with Gasteiger partial charge in [-0.25, -0.2) is 0 Å². The first-order chi connectivity index (χ1) is 8.70. The van der Waals surface area contributed by atoms with Crippen molar-refractivity contribution in [1.29, 1.82) is 0 Å². The van der Waals surface area contributed by atoms with Gasteiger partial charge in [-0.3, -0.25) is 4.68 Å². The van der Waals surface area contributed by atoms with Crippen molar-refractivity contribution in [3.05, 3.63) is 29.3 Å². The molecule has 2 rings (SSSR count). The Bertz CT molecular complexity index is 602. The number of phenolic OH excluding ortho intramolecular Hbond substituents is 1. The molecule has 2 aromatic rings. The number of hydrogen-bond acceptors (Lipinski definition) is 3. The molecule has 1 aromatic heterocycles. The molecule has 4 nitrogen and oxygen atoms in total. The Kier molecular flexibility index (Phi) is 3.04. The predicted molar refractivity (Wildman–Crippen MR) is 78.2 cm³/mol. The zero-order valence-electron chi connectivity index (χ0n) is 12.2. The van der Waals surface area contributed by atoms with E-state index < -0.39 is 0 Å². The second kappa shape index (κ2) is 4.30. The van der Waals surface area contributed by atoms with Crippen LogP contribution >= 0.6 is 0 Å². The van der Waals surface area contributed by atoms with Crippen molar-refractivity contribution in [1.82, 2.24) is 9.78 Å². The number of aryl methyl sites for hydroxylation is 2. The van der Waals surface area contributed by atoms with Crippen LogP contribution in [0.3, 0.4) is 0 Å². The summed E-state index contributed by atoms with van der Waals surface area (Å²) in [5.74, 6) is 0.908. The summed E-state index contributed by atoms with van der Waals surface area (Å²) in [7, 11) is 1.80. The topological polar surface area (TPSA) is 64.1 Å². The van der Waals surface area contributed by atoms with Crippen LogP contribution in [0, 0.1) is 6.92 Å². The van der Waals surface area contributed by atoms with Crippen molar-refractivity contribution in [2.75, 3.05) is 5.73 Å². The Hall–Kier alpha value is -1.97. The van der Waals surface area contributed by atoms with E-state index in [2.05, 4.69) is 25.9 Å². The molecule has 1 heterocycles. The van der Waals surface area contributed by atoms with E-state index in [1.165, 1.54) is 0 Å². The van der Waals surface area contributed by atoms with E-state index in [1.54, 1.807) is 17.8 Å². The molecule has 0 spiro atoms. The number of nitrogens with zero attached hydrogens (tertiary/aromatic N) is 2. The Balaban J connectivity index is 2.58. The van der Waals surface area contributed by atoms with Crippen molar-refractivity contribution >= 4 is 5.82 Å². The average molecular weight is 259 g/mol. The lowest BCUT2D eigenvalue weighted by molar-refractivity contribution is 0.446. The zero-order chi connectivity index (χ0) is 14.4. The van der Waals surface area contributed by atoms with Crippen LogP contribution in [-0.4, -0.2) is 14.9 Å². The van der Waals surface area contributed by atoms with Crippen molar-refractivity contribution in [2.45, 2.75) is 33.1 Å².